The third-order valence-corrected chi connectivity index (χ3v) is 5.66. The van der Waals surface area contributed by atoms with Crippen LogP contribution in [0.5, 0.6) is 0 Å². The van der Waals surface area contributed by atoms with Crippen molar-refractivity contribution in [2.45, 2.75) is 19.5 Å². The monoisotopic (exact) mass is 478 g/mol. The number of hydrogen-bond acceptors (Lipinski definition) is 2. The number of carbonyl (C=O) groups is 2. The van der Waals surface area contributed by atoms with Gasteiger partial charge in [0.05, 0.1) is 13.0 Å². The summed E-state index contributed by atoms with van der Waals surface area (Å²) in [6, 6.07) is 32.9. The summed E-state index contributed by atoms with van der Waals surface area (Å²) in [5, 5.41) is 2.86. The minimum absolute atomic E-state index is 0.151. The average molecular weight is 479 g/mol. The minimum Gasteiger partial charge on any atom is -0.352 e. The first-order valence-electron chi connectivity index (χ1n) is 11.8. The number of nitrogens with one attached hydrogen (secondary N) is 1. The Hall–Kier alpha value is -4.51. The molecule has 0 heterocycles. The maximum absolute atomic E-state index is 13.3. The second kappa shape index (κ2) is 12.3. The van der Waals surface area contributed by atoms with Crippen molar-refractivity contribution in [1.82, 2.24) is 5.32 Å². The third kappa shape index (κ3) is 7.24. The van der Waals surface area contributed by atoms with E-state index >= 15 is 0 Å². The Bertz CT molecular complexity index is 1320. The largest absolute Gasteiger partial charge is 0.352 e. The molecule has 4 nitrogen and oxygen atoms in total. The zero-order chi connectivity index (χ0) is 25.2. The summed E-state index contributed by atoms with van der Waals surface area (Å²) in [7, 11) is 0. The molecule has 0 unspecified atom stereocenters. The van der Waals surface area contributed by atoms with Crippen LogP contribution < -0.4 is 10.2 Å². The SMILES string of the molecule is O=C(Cc1cccc(N(Cc2ccccc2)C(=O)/C=C/c2ccccc2)c1)NCc1ccc(F)cc1. The van der Waals surface area contributed by atoms with Crippen molar-refractivity contribution < 1.29 is 14.0 Å². The van der Waals surface area contributed by atoms with Gasteiger partial charge in [-0.15, -0.1) is 0 Å². The summed E-state index contributed by atoms with van der Waals surface area (Å²) in [6.45, 7) is 0.723. The highest BCUT2D eigenvalue weighted by Gasteiger charge is 2.15. The Kier molecular flexibility index (Phi) is 8.39. The van der Waals surface area contributed by atoms with Crippen LogP contribution in [0.4, 0.5) is 10.1 Å². The first-order valence-corrected chi connectivity index (χ1v) is 11.8. The van der Waals surface area contributed by atoms with Crippen molar-refractivity contribution in [3.05, 3.63) is 143 Å². The number of benzene rings is 4. The minimum atomic E-state index is -0.310. The molecule has 4 rings (SSSR count). The van der Waals surface area contributed by atoms with Crippen molar-refractivity contribution >= 4 is 23.6 Å². The van der Waals surface area contributed by atoms with E-state index in [-0.39, 0.29) is 24.1 Å². The van der Waals surface area contributed by atoms with Crippen LogP contribution in [0, 0.1) is 5.82 Å². The molecule has 0 spiro atoms. The summed E-state index contributed by atoms with van der Waals surface area (Å²) in [6.07, 6.45) is 3.54. The van der Waals surface area contributed by atoms with Gasteiger partial charge in [0.25, 0.3) is 5.91 Å². The number of hydrogen-bond donors (Lipinski definition) is 1. The highest BCUT2D eigenvalue weighted by atomic mass is 19.1. The molecule has 5 heteroatoms. The highest BCUT2D eigenvalue weighted by molar-refractivity contribution is 6.03. The predicted molar refractivity (Wildman–Crippen MR) is 142 cm³/mol. The van der Waals surface area contributed by atoms with Gasteiger partial charge < -0.3 is 10.2 Å². The lowest BCUT2D eigenvalue weighted by molar-refractivity contribution is -0.120. The van der Waals surface area contributed by atoms with Crippen LogP contribution in [0.3, 0.4) is 0 Å². The van der Waals surface area contributed by atoms with Crippen molar-refractivity contribution in [2.24, 2.45) is 0 Å². The van der Waals surface area contributed by atoms with Gasteiger partial charge in [0.2, 0.25) is 5.91 Å². The van der Waals surface area contributed by atoms with Crippen molar-refractivity contribution in [3.63, 3.8) is 0 Å². The summed E-state index contributed by atoms with van der Waals surface area (Å²) >= 11 is 0. The maximum Gasteiger partial charge on any atom is 0.251 e. The molecule has 0 radical (unpaired) electrons. The Morgan fingerprint density at radius 1 is 0.750 bits per heavy atom. The van der Waals surface area contributed by atoms with Crippen LogP contribution in [0.25, 0.3) is 6.08 Å². The summed E-state index contributed by atoms with van der Waals surface area (Å²) in [5.74, 6) is -0.614. The molecule has 4 aromatic carbocycles. The van der Waals surface area contributed by atoms with Gasteiger partial charge in [0.15, 0.2) is 0 Å². The molecule has 0 bridgehead atoms. The van der Waals surface area contributed by atoms with Crippen molar-refractivity contribution in [1.29, 1.82) is 0 Å². The Morgan fingerprint density at radius 2 is 1.42 bits per heavy atom. The molecule has 0 fully saturated rings. The number of nitrogens with zero attached hydrogens (tertiary/aromatic N) is 1. The number of halogens is 1. The van der Waals surface area contributed by atoms with Gasteiger partial charge in [-0.05, 0) is 52.6 Å². The van der Waals surface area contributed by atoms with Crippen LogP contribution in [0.15, 0.2) is 115 Å². The van der Waals surface area contributed by atoms with E-state index in [9.17, 15) is 14.0 Å². The van der Waals surface area contributed by atoms with E-state index < -0.39 is 0 Å². The van der Waals surface area contributed by atoms with E-state index in [0.717, 1.165) is 22.3 Å². The van der Waals surface area contributed by atoms with Crippen molar-refractivity contribution in [3.8, 4) is 0 Å². The molecule has 0 aromatic heterocycles. The van der Waals surface area contributed by atoms with Gasteiger partial charge in [-0.25, -0.2) is 4.39 Å². The lowest BCUT2D eigenvalue weighted by atomic mass is 10.1. The Balaban J connectivity index is 1.49. The number of amides is 2. The lowest BCUT2D eigenvalue weighted by Crippen LogP contribution is -2.29. The molecule has 0 saturated carbocycles. The summed E-state index contributed by atoms with van der Waals surface area (Å²) < 4.78 is 13.1. The van der Waals surface area contributed by atoms with Gasteiger partial charge in [-0.2, -0.15) is 0 Å². The van der Waals surface area contributed by atoms with Crippen LogP contribution in [0.1, 0.15) is 22.3 Å². The lowest BCUT2D eigenvalue weighted by Gasteiger charge is -2.22. The van der Waals surface area contributed by atoms with Crippen LogP contribution >= 0.6 is 0 Å². The molecule has 36 heavy (non-hydrogen) atoms. The second-order valence-corrected chi connectivity index (χ2v) is 8.40. The van der Waals surface area contributed by atoms with E-state index in [0.29, 0.717) is 18.8 Å². The van der Waals surface area contributed by atoms with E-state index in [2.05, 4.69) is 5.32 Å². The van der Waals surface area contributed by atoms with Gasteiger partial charge >= 0.3 is 0 Å². The summed E-state index contributed by atoms with van der Waals surface area (Å²) in [5.41, 5.74) is 4.27. The molecule has 0 saturated heterocycles. The van der Waals surface area contributed by atoms with Gasteiger partial charge in [0, 0.05) is 18.3 Å². The fraction of sp³-hybridized carbons (Fsp3) is 0.0968. The predicted octanol–water partition coefficient (Wildman–Crippen LogP) is 5.93. The molecule has 180 valence electrons. The molecule has 1 N–H and O–H groups in total. The standard InChI is InChI=1S/C31H27FN2O2/c32-28-17-14-25(15-18-28)22-33-30(35)21-27-12-7-13-29(20-27)34(23-26-10-5-2-6-11-26)31(36)19-16-24-8-3-1-4-9-24/h1-20H,21-23H2,(H,33,35)/b19-16+. The van der Waals surface area contributed by atoms with Gasteiger partial charge in [-0.3, -0.25) is 9.59 Å². The zero-order valence-corrected chi connectivity index (χ0v) is 19.8. The number of carbonyl (C=O) groups excluding carboxylic acids is 2. The van der Waals surface area contributed by atoms with E-state index in [1.54, 1.807) is 29.2 Å². The molecular weight excluding hydrogens is 451 g/mol. The van der Waals surface area contributed by atoms with Crippen LogP contribution in [-0.2, 0) is 29.1 Å². The molecule has 0 atom stereocenters. The molecule has 0 aliphatic heterocycles. The molecule has 0 aliphatic carbocycles. The first kappa shape index (κ1) is 24.6. The maximum atomic E-state index is 13.3. The highest BCUT2D eigenvalue weighted by Crippen LogP contribution is 2.21. The number of anilines is 1. The first-order chi connectivity index (χ1) is 17.6. The number of rotatable bonds is 9. The quantitative estimate of drug-likeness (QED) is 0.303. The van der Waals surface area contributed by atoms with Crippen LogP contribution in [0.2, 0.25) is 0 Å². The van der Waals surface area contributed by atoms with Gasteiger partial charge in [0.1, 0.15) is 5.82 Å². The van der Waals surface area contributed by atoms with E-state index in [1.807, 2.05) is 84.9 Å². The summed E-state index contributed by atoms with van der Waals surface area (Å²) in [4.78, 5) is 27.5. The molecule has 2 amide bonds. The third-order valence-electron chi connectivity index (χ3n) is 5.66. The second-order valence-electron chi connectivity index (χ2n) is 8.40. The van der Waals surface area contributed by atoms with E-state index in [4.69, 9.17) is 0 Å². The van der Waals surface area contributed by atoms with E-state index in [1.165, 1.54) is 12.1 Å². The normalized spacial score (nSPS) is 10.8. The average Bonchev–Trinajstić information content (AvgIpc) is 2.91. The van der Waals surface area contributed by atoms with Gasteiger partial charge in [-0.1, -0.05) is 84.9 Å². The Labute approximate surface area is 210 Å². The molecular formula is C31H27FN2O2. The fourth-order valence-electron chi connectivity index (χ4n) is 3.77. The topological polar surface area (TPSA) is 49.4 Å². The zero-order valence-electron chi connectivity index (χ0n) is 19.8. The van der Waals surface area contributed by atoms with Crippen molar-refractivity contribution in [2.75, 3.05) is 4.90 Å². The fourth-order valence-corrected chi connectivity index (χ4v) is 3.77. The molecule has 0 aliphatic rings. The molecule has 4 aromatic rings. The Morgan fingerprint density at radius 3 is 2.14 bits per heavy atom. The smallest absolute Gasteiger partial charge is 0.251 e. The van der Waals surface area contributed by atoms with Crippen LogP contribution in [-0.4, -0.2) is 11.8 Å².